The first kappa shape index (κ1) is 12.6. The second-order valence-corrected chi connectivity index (χ2v) is 4.95. The predicted molar refractivity (Wildman–Crippen MR) is 79.0 cm³/mol. The highest BCUT2D eigenvalue weighted by Gasteiger charge is 2.22. The zero-order valence-electron chi connectivity index (χ0n) is 11.2. The van der Waals surface area contributed by atoms with Crippen LogP contribution in [-0.2, 0) is 0 Å². The van der Waals surface area contributed by atoms with Crippen molar-refractivity contribution in [3.63, 3.8) is 0 Å². The van der Waals surface area contributed by atoms with Gasteiger partial charge in [0.1, 0.15) is 12.0 Å². The molecule has 0 N–H and O–H groups in total. The molecule has 0 saturated carbocycles. The maximum Gasteiger partial charge on any atom is 0.177 e. The van der Waals surface area contributed by atoms with Crippen molar-refractivity contribution >= 4 is 5.82 Å². The third-order valence-electron chi connectivity index (χ3n) is 3.61. The van der Waals surface area contributed by atoms with Gasteiger partial charge in [-0.25, -0.2) is 4.98 Å². The average Bonchev–Trinajstić information content (AvgIpc) is 2.56. The Morgan fingerprint density at radius 2 is 2.10 bits per heavy atom. The van der Waals surface area contributed by atoms with Crippen molar-refractivity contribution in [3.8, 4) is 23.6 Å². The Morgan fingerprint density at radius 1 is 1.25 bits per heavy atom. The molecule has 20 heavy (non-hydrogen) atoms. The number of hydrogen-bond donors (Lipinski definition) is 0. The molecule has 0 aliphatic carbocycles. The van der Waals surface area contributed by atoms with E-state index in [-0.39, 0.29) is 5.92 Å². The van der Waals surface area contributed by atoms with Gasteiger partial charge in [-0.3, -0.25) is 0 Å². The van der Waals surface area contributed by atoms with Gasteiger partial charge in [0.05, 0.1) is 0 Å². The monoisotopic (exact) mass is 264 g/mol. The summed E-state index contributed by atoms with van der Waals surface area (Å²) >= 11 is 0. The highest BCUT2D eigenvalue weighted by molar-refractivity contribution is 5.71. The molecule has 100 valence electrons. The Balaban J connectivity index is 1.96. The van der Waals surface area contributed by atoms with Crippen LogP contribution in [0.4, 0.5) is 5.82 Å². The van der Waals surface area contributed by atoms with E-state index in [0.717, 1.165) is 43.0 Å². The minimum Gasteiger partial charge on any atom is -0.352 e. The van der Waals surface area contributed by atoms with E-state index in [4.69, 9.17) is 6.42 Å². The quantitative estimate of drug-likeness (QED) is 0.781. The number of hydrogen-bond acceptors (Lipinski definition) is 4. The topological polar surface area (TPSA) is 41.9 Å². The number of aromatic nitrogens is 3. The third kappa shape index (κ3) is 2.48. The smallest absolute Gasteiger partial charge is 0.177 e. The molecular weight excluding hydrogens is 248 g/mol. The molecule has 1 aromatic heterocycles. The van der Waals surface area contributed by atoms with Gasteiger partial charge in [0.25, 0.3) is 0 Å². The standard InChI is InChI=1S/C16H16N4/c1-2-13-7-6-10-20(11-13)16-15(17-12-18-19-16)14-8-4-3-5-9-14/h1,3-5,8-9,12-13H,6-7,10-11H2. The van der Waals surface area contributed by atoms with Gasteiger partial charge in [-0.1, -0.05) is 30.3 Å². The Morgan fingerprint density at radius 3 is 2.90 bits per heavy atom. The van der Waals surface area contributed by atoms with Crippen molar-refractivity contribution < 1.29 is 0 Å². The van der Waals surface area contributed by atoms with Gasteiger partial charge in [0.2, 0.25) is 0 Å². The Hall–Kier alpha value is -2.41. The van der Waals surface area contributed by atoms with Crippen molar-refractivity contribution in [2.75, 3.05) is 18.0 Å². The molecule has 1 saturated heterocycles. The van der Waals surface area contributed by atoms with E-state index in [1.807, 2.05) is 30.3 Å². The molecule has 0 spiro atoms. The Bertz CT molecular complexity index is 618. The molecule has 0 bridgehead atoms. The van der Waals surface area contributed by atoms with Crippen LogP contribution in [0.5, 0.6) is 0 Å². The van der Waals surface area contributed by atoms with E-state index in [1.165, 1.54) is 6.33 Å². The molecule has 2 heterocycles. The second kappa shape index (κ2) is 5.70. The third-order valence-corrected chi connectivity index (χ3v) is 3.61. The summed E-state index contributed by atoms with van der Waals surface area (Å²) in [6.45, 7) is 1.79. The van der Waals surface area contributed by atoms with E-state index >= 15 is 0 Å². The molecule has 1 aliphatic heterocycles. The normalized spacial score (nSPS) is 18.6. The van der Waals surface area contributed by atoms with Crippen LogP contribution < -0.4 is 4.90 Å². The molecule has 2 aromatic rings. The van der Waals surface area contributed by atoms with Crippen molar-refractivity contribution in [3.05, 3.63) is 36.7 Å². The first-order valence-corrected chi connectivity index (χ1v) is 6.82. The van der Waals surface area contributed by atoms with Crippen LogP contribution in [0.2, 0.25) is 0 Å². The van der Waals surface area contributed by atoms with Crippen LogP contribution >= 0.6 is 0 Å². The van der Waals surface area contributed by atoms with Gasteiger partial charge in [-0.15, -0.1) is 22.5 Å². The number of benzene rings is 1. The number of terminal acetylenes is 1. The summed E-state index contributed by atoms with van der Waals surface area (Å²) in [7, 11) is 0. The fourth-order valence-electron chi connectivity index (χ4n) is 2.59. The molecule has 1 unspecified atom stereocenters. The molecule has 3 rings (SSSR count). The van der Waals surface area contributed by atoms with Gasteiger partial charge in [0, 0.05) is 24.6 Å². The number of rotatable bonds is 2. The van der Waals surface area contributed by atoms with Crippen molar-refractivity contribution in [2.24, 2.45) is 5.92 Å². The van der Waals surface area contributed by atoms with Gasteiger partial charge >= 0.3 is 0 Å². The van der Waals surface area contributed by atoms with Gasteiger partial charge in [-0.2, -0.15) is 0 Å². The number of piperidine rings is 1. The molecule has 0 amide bonds. The Labute approximate surface area is 118 Å². The van der Waals surface area contributed by atoms with Crippen LogP contribution in [0.25, 0.3) is 11.3 Å². The largest absolute Gasteiger partial charge is 0.352 e. The van der Waals surface area contributed by atoms with Gasteiger partial charge in [0.15, 0.2) is 5.82 Å². The lowest BCUT2D eigenvalue weighted by Gasteiger charge is -2.31. The van der Waals surface area contributed by atoms with E-state index in [2.05, 4.69) is 26.0 Å². The predicted octanol–water partition coefficient (Wildman–Crippen LogP) is 2.39. The zero-order valence-corrected chi connectivity index (χ0v) is 11.2. The minimum atomic E-state index is 0.286. The highest BCUT2D eigenvalue weighted by atomic mass is 15.3. The summed E-state index contributed by atoms with van der Waals surface area (Å²) in [5.74, 6) is 3.97. The fourth-order valence-corrected chi connectivity index (χ4v) is 2.59. The summed E-state index contributed by atoms with van der Waals surface area (Å²) in [5.41, 5.74) is 1.93. The summed E-state index contributed by atoms with van der Waals surface area (Å²) in [6.07, 6.45) is 9.23. The summed E-state index contributed by atoms with van der Waals surface area (Å²) in [6, 6.07) is 10.1. The molecule has 1 aromatic carbocycles. The summed E-state index contributed by atoms with van der Waals surface area (Å²) in [4.78, 5) is 6.61. The van der Waals surface area contributed by atoms with Crippen molar-refractivity contribution in [1.29, 1.82) is 0 Å². The second-order valence-electron chi connectivity index (χ2n) is 4.95. The lowest BCUT2D eigenvalue weighted by molar-refractivity contribution is 0.493. The molecule has 1 atom stereocenters. The molecule has 1 aliphatic rings. The van der Waals surface area contributed by atoms with Crippen molar-refractivity contribution in [2.45, 2.75) is 12.8 Å². The first-order valence-electron chi connectivity index (χ1n) is 6.82. The van der Waals surface area contributed by atoms with E-state index in [9.17, 15) is 0 Å². The van der Waals surface area contributed by atoms with Crippen LogP contribution in [-0.4, -0.2) is 28.3 Å². The molecule has 4 heteroatoms. The zero-order chi connectivity index (χ0) is 13.8. The molecule has 1 fully saturated rings. The van der Waals surface area contributed by atoms with Gasteiger partial charge < -0.3 is 4.90 Å². The van der Waals surface area contributed by atoms with Crippen LogP contribution in [0.15, 0.2) is 36.7 Å². The van der Waals surface area contributed by atoms with Crippen LogP contribution in [0, 0.1) is 18.3 Å². The van der Waals surface area contributed by atoms with Crippen LogP contribution in [0.1, 0.15) is 12.8 Å². The number of anilines is 1. The maximum absolute atomic E-state index is 5.56. The van der Waals surface area contributed by atoms with E-state index < -0.39 is 0 Å². The van der Waals surface area contributed by atoms with Gasteiger partial charge in [-0.05, 0) is 12.8 Å². The van der Waals surface area contributed by atoms with Crippen LogP contribution in [0.3, 0.4) is 0 Å². The first-order chi connectivity index (χ1) is 9.88. The molecule has 4 nitrogen and oxygen atoms in total. The highest BCUT2D eigenvalue weighted by Crippen LogP contribution is 2.28. The van der Waals surface area contributed by atoms with E-state index in [0.29, 0.717) is 0 Å². The summed E-state index contributed by atoms with van der Waals surface area (Å²) < 4.78 is 0. The number of nitrogens with zero attached hydrogens (tertiary/aromatic N) is 4. The maximum atomic E-state index is 5.56. The van der Waals surface area contributed by atoms with E-state index in [1.54, 1.807) is 0 Å². The lowest BCUT2D eigenvalue weighted by atomic mass is 9.98. The van der Waals surface area contributed by atoms with Crippen molar-refractivity contribution in [1.82, 2.24) is 15.2 Å². The fraction of sp³-hybridized carbons (Fsp3) is 0.312. The average molecular weight is 264 g/mol. The lowest BCUT2D eigenvalue weighted by Crippen LogP contribution is -2.36. The SMILES string of the molecule is C#CC1CCCN(c2nncnc2-c2ccccc2)C1. The molecular formula is C16H16N4. The molecule has 0 radical (unpaired) electrons. The Kier molecular flexibility index (Phi) is 3.60. The minimum absolute atomic E-state index is 0.286. The summed E-state index contributed by atoms with van der Waals surface area (Å²) in [5, 5.41) is 8.23.